The molecule has 37 nitrogen and oxygen atoms in total. The van der Waals surface area contributed by atoms with Crippen LogP contribution in [0.1, 0.15) is 102 Å². The summed E-state index contributed by atoms with van der Waals surface area (Å²) in [7, 11) is 0. The fourth-order valence-corrected chi connectivity index (χ4v) is 11.0. The number of aliphatic hydroxyl groups is 1. The van der Waals surface area contributed by atoms with E-state index in [9.17, 15) is 92.3 Å². The number of thioether (sulfide) groups is 1. The van der Waals surface area contributed by atoms with Crippen LogP contribution in [0.15, 0.2) is 24.3 Å². The maximum atomic E-state index is 14.2. The number of rotatable bonds is 43. The molecule has 1 aromatic carbocycles. The number of carbonyl (C=O) groups is 15. The first-order valence-electron chi connectivity index (χ1n) is 31.2. The summed E-state index contributed by atoms with van der Waals surface area (Å²) < 4.78 is 0. The number of phenols is 1. The summed E-state index contributed by atoms with van der Waals surface area (Å²) in [5.41, 5.74) is 22.8. The second-order valence-corrected chi connectivity index (χ2v) is 24.4. The van der Waals surface area contributed by atoms with Gasteiger partial charge in [0.05, 0.1) is 25.5 Å². The van der Waals surface area contributed by atoms with Gasteiger partial charge in [-0.15, -0.1) is 0 Å². The van der Waals surface area contributed by atoms with Crippen LogP contribution in [0.4, 0.5) is 0 Å². The lowest BCUT2D eigenvalue weighted by Gasteiger charge is -2.31. The second-order valence-electron chi connectivity index (χ2n) is 23.0. The molecular weight excluding hydrogens is 1320 g/mol. The Kier molecular flexibility index (Phi) is 35.4. The van der Waals surface area contributed by atoms with E-state index in [0.29, 0.717) is 17.7 Å². The van der Waals surface area contributed by atoms with Gasteiger partial charge in [-0.1, -0.05) is 12.1 Å². The van der Waals surface area contributed by atoms with Crippen molar-refractivity contribution in [1.82, 2.24) is 63.0 Å². The number of primary amides is 1. The molecule has 2 aliphatic rings. The third-order valence-electron chi connectivity index (χ3n) is 15.5. The number of likely N-dealkylation sites (tertiary alicyclic amines) is 2. The highest BCUT2D eigenvalue weighted by atomic mass is 32.2. The molecule has 0 unspecified atom stereocenters. The van der Waals surface area contributed by atoms with Crippen molar-refractivity contribution < 1.29 is 97.5 Å². The van der Waals surface area contributed by atoms with Crippen molar-refractivity contribution in [2.45, 2.75) is 176 Å². The lowest BCUT2D eigenvalue weighted by atomic mass is 10.0. The molecular formula is C58H91N17O20S2. The highest BCUT2D eigenvalue weighted by Gasteiger charge is 2.43. The molecule has 0 aromatic heterocycles. The van der Waals surface area contributed by atoms with Crippen LogP contribution in [0, 0.1) is 5.41 Å². The van der Waals surface area contributed by atoms with E-state index in [-0.39, 0.29) is 108 Å². The number of aromatic hydroxyl groups is 1. The van der Waals surface area contributed by atoms with Crippen molar-refractivity contribution in [3.05, 3.63) is 29.8 Å². The smallest absolute Gasteiger partial charge is 0.326 e. The first-order chi connectivity index (χ1) is 45.8. The molecule has 0 spiro atoms. The Labute approximate surface area is 567 Å². The Morgan fingerprint density at radius 2 is 1.09 bits per heavy atom. The molecule has 97 heavy (non-hydrogen) atoms. The molecule has 0 radical (unpaired) electrons. The fourth-order valence-electron chi connectivity index (χ4n) is 10.3. The number of thiol groups is 1. The minimum absolute atomic E-state index is 0.0373. The first kappa shape index (κ1) is 82.2. The number of nitrogens with one attached hydrogen (secondary N) is 11. The van der Waals surface area contributed by atoms with Crippen LogP contribution in [0.3, 0.4) is 0 Å². The quantitative estimate of drug-likeness (QED) is 0.0125. The number of hydrogen-bond donors (Lipinski definition) is 21. The molecule has 2 saturated heterocycles. The largest absolute Gasteiger partial charge is 0.508 e. The number of aliphatic carboxylic acids is 3. The Balaban J connectivity index is 1.78. The summed E-state index contributed by atoms with van der Waals surface area (Å²) in [6.45, 7) is 0.590. The van der Waals surface area contributed by atoms with E-state index in [0.717, 1.165) is 4.90 Å². The lowest BCUT2D eigenvalue weighted by Crippen LogP contribution is -2.61. The maximum Gasteiger partial charge on any atom is 0.326 e. The van der Waals surface area contributed by atoms with Gasteiger partial charge in [0.15, 0.2) is 5.96 Å². The summed E-state index contributed by atoms with van der Waals surface area (Å²) in [6.07, 6.45) is -0.682. The molecule has 2 fully saturated rings. The van der Waals surface area contributed by atoms with Gasteiger partial charge in [-0.05, 0) is 114 Å². The normalized spacial score (nSPS) is 17.3. The summed E-state index contributed by atoms with van der Waals surface area (Å²) in [5.74, 6) is -16.9. The molecule has 12 amide bonds. The topological polar surface area (TPSA) is 612 Å². The van der Waals surface area contributed by atoms with Crippen LogP contribution in [0.5, 0.6) is 5.75 Å². The number of carboxylic acid groups (broad SMARTS) is 3. The van der Waals surface area contributed by atoms with Crippen molar-refractivity contribution in [1.29, 1.82) is 5.41 Å². The van der Waals surface area contributed by atoms with Gasteiger partial charge in [-0.25, -0.2) is 4.79 Å². The van der Waals surface area contributed by atoms with Crippen LogP contribution in [0.25, 0.3) is 0 Å². The van der Waals surface area contributed by atoms with Gasteiger partial charge in [0.1, 0.15) is 72.2 Å². The molecule has 0 bridgehead atoms. The minimum atomic E-state index is -2.06. The number of nitrogens with zero attached hydrogens (tertiary/aromatic N) is 2. The highest BCUT2D eigenvalue weighted by molar-refractivity contribution is 7.98. The maximum absolute atomic E-state index is 14.2. The summed E-state index contributed by atoms with van der Waals surface area (Å²) in [5, 5.41) is 80.1. The predicted molar refractivity (Wildman–Crippen MR) is 349 cm³/mol. The van der Waals surface area contributed by atoms with E-state index >= 15 is 0 Å². The van der Waals surface area contributed by atoms with Gasteiger partial charge < -0.3 is 111 Å². The molecule has 2 aliphatic heterocycles. The van der Waals surface area contributed by atoms with Gasteiger partial charge in [0, 0.05) is 38.2 Å². The van der Waals surface area contributed by atoms with Gasteiger partial charge in [0.25, 0.3) is 0 Å². The minimum Gasteiger partial charge on any atom is -0.508 e. The number of benzene rings is 1. The van der Waals surface area contributed by atoms with Crippen molar-refractivity contribution in [2.24, 2.45) is 22.9 Å². The molecule has 3 rings (SSSR count). The highest BCUT2D eigenvalue weighted by Crippen LogP contribution is 2.22. The molecule has 540 valence electrons. The van der Waals surface area contributed by atoms with Gasteiger partial charge in [-0.3, -0.25) is 72.5 Å². The van der Waals surface area contributed by atoms with Crippen LogP contribution in [-0.2, 0) is 78.3 Å². The number of unbranched alkanes of at least 4 members (excludes halogenated alkanes) is 1. The van der Waals surface area contributed by atoms with Crippen LogP contribution in [0.2, 0.25) is 0 Å². The van der Waals surface area contributed by atoms with Crippen molar-refractivity contribution in [2.75, 3.05) is 50.5 Å². The molecule has 2 heterocycles. The molecule has 24 N–H and O–H groups in total. The van der Waals surface area contributed by atoms with E-state index < -0.39 is 194 Å². The number of phenolic OH excluding ortho intramolecular Hbond substituents is 1. The van der Waals surface area contributed by atoms with Crippen LogP contribution >= 0.6 is 24.4 Å². The number of carboxylic acids is 3. The third-order valence-corrected chi connectivity index (χ3v) is 16.5. The number of guanidine groups is 1. The summed E-state index contributed by atoms with van der Waals surface area (Å²) in [4.78, 5) is 202. The van der Waals surface area contributed by atoms with E-state index in [1.54, 1.807) is 0 Å². The monoisotopic (exact) mass is 1410 g/mol. The Bertz CT molecular complexity index is 2970. The number of amides is 12. The summed E-state index contributed by atoms with van der Waals surface area (Å²) in [6, 6.07) is -12.9. The Hall–Kier alpha value is -9.08. The van der Waals surface area contributed by atoms with E-state index in [4.69, 9.17) is 33.5 Å². The first-order valence-corrected chi connectivity index (χ1v) is 33.2. The molecule has 39 heteroatoms. The van der Waals surface area contributed by atoms with Crippen LogP contribution in [-0.4, -0.2) is 253 Å². The average molecular weight is 1410 g/mol. The van der Waals surface area contributed by atoms with Crippen molar-refractivity contribution >= 4 is 119 Å². The molecule has 1 aromatic rings. The molecule has 0 aliphatic carbocycles. The van der Waals surface area contributed by atoms with Crippen LogP contribution < -0.4 is 76.1 Å². The number of nitrogens with two attached hydrogens (primary N) is 4. The number of hydrogen-bond acceptors (Lipinski definition) is 22. The summed E-state index contributed by atoms with van der Waals surface area (Å²) >= 11 is 5.70. The second kappa shape index (κ2) is 41.8. The number of aliphatic hydroxyl groups excluding tert-OH is 1. The predicted octanol–water partition coefficient (Wildman–Crippen LogP) is -7.01. The SMILES string of the molecule is CSCC[C@H](N)C(=O)N[C@@H](CO)C(=O)N[C@@H](CCCNC(=N)N)C(=O)N1CCC[C@H]1C(=O)N[C@@H](C)C(=O)N[C@@H](CS)C(=O)N1CCC[C@H]1C(=O)N[C@@H](CC(N)=O)C(=O)N[C@@H](CC(=O)O)C(=O)N[C@@H](CCCCN)C(=O)N[C@@H](Cc1ccc(O)cc1)C(=O)N[C@@H](CCC(=O)O)C(=O)O. The lowest BCUT2D eigenvalue weighted by molar-refractivity contribution is -0.143. The number of carbonyl (C=O) groups excluding carboxylic acids is 12. The van der Waals surface area contributed by atoms with Gasteiger partial charge in [0.2, 0.25) is 70.9 Å². The van der Waals surface area contributed by atoms with Crippen molar-refractivity contribution in [3.8, 4) is 5.75 Å². The zero-order chi connectivity index (χ0) is 72.6. The Morgan fingerprint density at radius 1 is 0.598 bits per heavy atom. The van der Waals surface area contributed by atoms with E-state index in [1.165, 1.54) is 47.9 Å². The average Bonchev–Trinajstić information content (AvgIpc) is 1.78. The molecule has 12 atom stereocenters. The zero-order valence-corrected chi connectivity index (χ0v) is 55.4. The van der Waals surface area contributed by atoms with Gasteiger partial charge in [-0.2, -0.15) is 24.4 Å². The van der Waals surface area contributed by atoms with Crippen molar-refractivity contribution in [3.63, 3.8) is 0 Å². The standard InChI is InChI=1S/C58H91N17O20S2/c1-29(65-53(90)41-10-6-21-74(41)55(92)34(9-5-20-64-58(62)63)67-52(89)39(27-76)72-47(84)32(60)18-23-97-2)46(83)73-40(28-96)56(93)75-22-7-11-42(75)54(91)71-37(25-43(61)78)50(87)70-38(26-45(81)82)51(88)66-33(8-3-4-19-59)48(85)69-36(24-30-12-14-31(77)15-13-30)49(86)68-35(57(94)95)16-17-44(79)80/h12-15,29,32-42,76-77,96H,3-11,16-28,59-60H2,1-2H3,(H2,61,78)(H,65,90)(H,66,88)(H,67,89)(H,68,86)(H,69,85)(H,70,87)(H,71,91)(H,72,84)(H,73,83)(H,79,80)(H,81,82)(H,94,95)(H4,62,63,64)/t29-,32-,33-,34-,35-,36-,37-,38-,39-,40-,41-,42-/m0/s1. The van der Waals surface area contributed by atoms with E-state index in [2.05, 4.69) is 65.8 Å². The molecule has 0 saturated carbocycles. The third kappa shape index (κ3) is 27.9. The fraction of sp³-hybridized carbons (Fsp3) is 0.621. The van der Waals surface area contributed by atoms with E-state index in [1.807, 2.05) is 6.26 Å². The van der Waals surface area contributed by atoms with Gasteiger partial charge >= 0.3 is 17.9 Å². The Morgan fingerprint density at radius 3 is 1.63 bits per heavy atom. The zero-order valence-electron chi connectivity index (χ0n) is 53.7.